The normalized spacial score (nSPS) is 13.3. The Kier molecular flexibility index (Phi) is 6.67. The van der Waals surface area contributed by atoms with E-state index in [1.807, 2.05) is 39.0 Å². The van der Waals surface area contributed by atoms with Crippen LogP contribution in [0.1, 0.15) is 36.1 Å². The summed E-state index contributed by atoms with van der Waals surface area (Å²) in [6.07, 6.45) is -0.450. The lowest BCUT2D eigenvalue weighted by Gasteiger charge is -2.18. The molecule has 1 amide bonds. The molecule has 4 nitrogen and oxygen atoms in total. The summed E-state index contributed by atoms with van der Waals surface area (Å²) in [6.45, 7) is 6.17. The summed E-state index contributed by atoms with van der Waals surface area (Å²) < 4.78 is 12.9. The van der Waals surface area contributed by atoms with Crippen LogP contribution in [0.3, 0.4) is 0 Å². The van der Waals surface area contributed by atoms with E-state index in [1.165, 1.54) is 12.1 Å². The van der Waals surface area contributed by atoms with Gasteiger partial charge in [0.15, 0.2) is 0 Å². The zero-order valence-electron chi connectivity index (χ0n) is 14.8. The van der Waals surface area contributed by atoms with Crippen LogP contribution in [0.4, 0.5) is 10.1 Å². The molecule has 0 aliphatic rings. The molecule has 25 heavy (non-hydrogen) atoms. The number of benzene rings is 2. The quantitative estimate of drug-likeness (QED) is 0.721. The SMILES string of the molecule is Cc1cccc(NC(=O)CC(C)NCC(O)c2ccc(F)cc2)c1C. The average Bonchev–Trinajstić information content (AvgIpc) is 2.57. The standard InChI is InChI=1S/C20H25FN2O2/c1-13-5-4-6-18(15(13)3)23-20(25)11-14(2)22-12-19(24)16-7-9-17(21)10-8-16/h4-10,14,19,22,24H,11-12H2,1-3H3,(H,23,25). The molecular weight excluding hydrogens is 319 g/mol. The molecule has 5 heteroatoms. The van der Waals surface area contributed by atoms with Gasteiger partial charge in [0.25, 0.3) is 0 Å². The highest BCUT2D eigenvalue weighted by Crippen LogP contribution is 2.18. The van der Waals surface area contributed by atoms with E-state index in [9.17, 15) is 14.3 Å². The van der Waals surface area contributed by atoms with Gasteiger partial charge in [0.1, 0.15) is 5.82 Å². The molecule has 2 unspecified atom stereocenters. The van der Waals surface area contributed by atoms with E-state index in [4.69, 9.17) is 0 Å². The highest BCUT2D eigenvalue weighted by Gasteiger charge is 2.13. The Balaban J connectivity index is 1.81. The Bertz CT molecular complexity index is 716. The van der Waals surface area contributed by atoms with E-state index in [1.54, 1.807) is 12.1 Å². The van der Waals surface area contributed by atoms with Crippen molar-refractivity contribution in [3.8, 4) is 0 Å². The van der Waals surface area contributed by atoms with Gasteiger partial charge in [-0.3, -0.25) is 4.79 Å². The third-order valence-corrected chi connectivity index (χ3v) is 4.28. The van der Waals surface area contributed by atoms with Crippen molar-refractivity contribution in [2.24, 2.45) is 0 Å². The lowest BCUT2D eigenvalue weighted by molar-refractivity contribution is -0.116. The second-order valence-corrected chi connectivity index (χ2v) is 6.38. The maximum absolute atomic E-state index is 12.9. The van der Waals surface area contributed by atoms with Gasteiger partial charge in [-0.25, -0.2) is 4.39 Å². The van der Waals surface area contributed by atoms with Crippen LogP contribution >= 0.6 is 0 Å². The Morgan fingerprint density at radius 3 is 2.52 bits per heavy atom. The van der Waals surface area contributed by atoms with Crippen molar-refractivity contribution < 1.29 is 14.3 Å². The molecule has 2 rings (SSSR count). The number of amides is 1. The first-order valence-electron chi connectivity index (χ1n) is 8.39. The van der Waals surface area contributed by atoms with Gasteiger partial charge in [0.2, 0.25) is 5.91 Å². The minimum absolute atomic E-state index is 0.0787. The monoisotopic (exact) mass is 344 g/mol. The molecule has 0 bridgehead atoms. The summed E-state index contributed by atoms with van der Waals surface area (Å²) in [5.74, 6) is -0.412. The summed E-state index contributed by atoms with van der Waals surface area (Å²) >= 11 is 0. The summed E-state index contributed by atoms with van der Waals surface area (Å²) in [5, 5.41) is 16.2. The topological polar surface area (TPSA) is 61.4 Å². The van der Waals surface area contributed by atoms with E-state index in [0.29, 0.717) is 18.5 Å². The fourth-order valence-electron chi connectivity index (χ4n) is 2.55. The van der Waals surface area contributed by atoms with Gasteiger partial charge in [0.05, 0.1) is 6.10 Å². The summed E-state index contributed by atoms with van der Waals surface area (Å²) in [4.78, 5) is 12.2. The predicted molar refractivity (Wildman–Crippen MR) is 98.0 cm³/mol. The fraction of sp³-hybridized carbons (Fsp3) is 0.350. The number of carbonyl (C=O) groups excluding carboxylic acids is 1. The van der Waals surface area contributed by atoms with Crippen LogP contribution < -0.4 is 10.6 Å². The predicted octanol–water partition coefficient (Wildman–Crippen LogP) is 3.48. The summed E-state index contributed by atoms with van der Waals surface area (Å²) in [5.41, 5.74) is 3.65. The Hall–Kier alpha value is -2.24. The molecule has 0 radical (unpaired) electrons. The fourth-order valence-corrected chi connectivity index (χ4v) is 2.55. The third kappa shape index (κ3) is 5.66. The number of hydrogen-bond donors (Lipinski definition) is 3. The van der Waals surface area contributed by atoms with E-state index in [2.05, 4.69) is 10.6 Å². The van der Waals surface area contributed by atoms with Crippen LogP contribution in [0.15, 0.2) is 42.5 Å². The zero-order chi connectivity index (χ0) is 18.4. The first kappa shape index (κ1) is 19.1. The number of rotatable bonds is 7. The average molecular weight is 344 g/mol. The van der Waals surface area contributed by atoms with Crippen LogP contribution in [0.5, 0.6) is 0 Å². The molecule has 0 fully saturated rings. The van der Waals surface area contributed by atoms with Crippen molar-refractivity contribution in [3.05, 3.63) is 65.0 Å². The maximum Gasteiger partial charge on any atom is 0.225 e. The molecule has 3 N–H and O–H groups in total. The Morgan fingerprint density at radius 1 is 1.16 bits per heavy atom. The van der Waals surface area contributed by atoms with Crippen molar-refractivity contribution in [1.29, 1.82) is 0 Å². The lowest BCUT2D eigenvalue weighted by Crippen LogP contribution is -2.33. The van der Waals surface area contributed by atoms with Crippen molar-refractivity contribution in [2.45, 2.75) is 39.3 Å². The van der Waals surface area contributed by atoms with Crippen molar-refractivity contribution in [3.63, 3.8) is 0 Å². The van der Waals surface area contributed by atoms with Crippen LogP contribution in [-0.2, 0) is 4.79 Å². The maximum atomic E-state index is 12.9. The highest BCUT2D eigenvalue weighted by atomic mass is 19.1. The molecule has 2 atom stereocenters. The molecular formula is C20H25FN2O2. The second kappa shape index (κ2) is 8.74. The van der Waals surface area contributed by atoms with E-state index in [0.717, 1.165) is 16.8 Å². The van der Waals surface area contributed by atoms with Gasteiger partial charge < -0.3 is 15.7 Å². The molecule has 0 aromatic heterocycles. The lowest BCUT2D eigenvalue weighted by atomic mass is 10.1. The van der Waals surface area contributed by atoms with Gasteiger partial charge in [-0.15, -0.1) is 0 Å². The number of hydrogen-bond acceptors (Lipinski definition) is 3. The first-order chi connectivity index (χ1) is 11.9. The highest BCUT2D eigenvalue weighted by molar-refractivity contribution is 5.92. The van der Waals surface area contributed by atoms with Gasteiger partial charge in [-0.05, 0) is 55.7 Å². The van der Waals surface area contributed by atoms with Gasteiger partial charge in [-0.1, -0.05) is 24.3 Å². The van der Waals surface area contributed by atoms with Crippen molar-refractivity contribution in [1.82, 2.24) is 5.32 Å². The Morgan fingerprint density at radius 2 is 1.84 bits per heavy atom. The molecule has 0 saturated heterocycles. The number of aliphatic hydroxyl groups excluding tert-OH is 1. The minimum atomic E-state index is -0.745. The zero-order valence-corrected chi connectivity index (χ0v) is 14.8. The van der Waals surface area contributed by atoms with Crippen LogP contribution in [0, 0.1) is 19.7 Å². The number of anilines is 1. The summed E-state index contributed by atoms with van der Waals surface area (Å²) in [6, 6.07) is 11.5. The molecule has 0 saturated carbocycles. The van der Waals surface area contributed by atoms with Crippen LogP contribution in [0.2, 0.25) is 0 Å². The first-order valence-corrected chi connectivity index (χ1v) is 8.39. The van der Waals surface area contributed by atoms with Gasteiger partial charge >= 0.3 is 0 Å². The molecule has 2 aromatic rings. The number of aryl methyl sites for hydroxylation is 1. The van der Waals surface area contributed by atoms with Crippen molar-refractivity contribution in [2.75, 3.05) is 11.9 Å². The number of carbonyl (C=O) groups is 1. The summed E-state index contributed by atoms with van der Waals surface area (Å²) in [7, 11) is 0. The second-order valence-electron chi connectivity index (χ2n) is 6.38. The molecule has 134 valence electrons. The Labute approximate surface area is 148 Å². The number of nitrogens with one attached hydrogen (secondary N) is 2. The molecule has 0 aliphatic carbocycles. The third-order valence-electron chi connectivity index (χ3n) is 4.28. The van der Waals surface area contributed by atoms with Crippen LogP contribution in [-0.4, -0.2) is 23.6 Å². The largest absolute Gasteiger partial charge is 0.387 e. The minimum Gasteiger partial charge on any atom is -0.387 e. The number of halogens is 1. The van der Waals surface area contributed by atoms with Crippen LogP contribution in [0.25, 0.3) is 0 Å². The van der Waals surface area contributed by atoms with Gasteiger partial charge in [-0.2, -0.15) is 0 Å². The smallest absolute Gasteiger partial charge is 0.225 e. The molecule has 2 aromatic carbocycles. The van der Waals surface area contributed by atoms with E-state index >= 15 is 0 Å². The van der Waals surface area contributed by atoms with E-state index in [-0.39, 0.29) is 17.8 Å². The van der Waals surface area contributed by atoms with Gasteiger partial charge in [0, 0.05) is 24.7 Å². The number of aliphatic hydroxyl groups is 1. The van der Waals surface area contributed by atoms with Crippen molar-refractivity contribution >= 4 is 11.6 Å². The van der Waals surface area contributed by atoms with E-state index < -0.39 is 6.10 Å². The molecule has 0 heterocycles. The molecule has 0 spiro atoms. The molecule has 0 aliphatic heterocycles.